The topological polar surface area (TPSA) is 51.2 Å². The standard InChI is InChI=1S/C26H32N2O2/c1-5-20(17-28-25(29)6-2)16-18(3)30-23-12-9-21(10-13-23)24-14-11-22-8-7-15-27-26(22)19(24)4/h7-15,18,20H,5-6,16-17H2,1-4H3,(H,28,29)/t18-,20-/m1/s1. The van der Waals surface area contributed by atoms with Crippen molar-refractivity contribution in [3.05, 3.63) is 60.3 Å². The molecular formula is C26H32N2O2. The summed E-state index contributed by atoms with van der Waals surface area (Å²) in [6.45, 7) is 8.97. The van der Waals surface area contributed by atoms with Crippen LogP contribution in [-0.4, -0.2) is 23.5 Å². The van der Waals surface area contributed by atoms with E-state index in [0.29, 0.717) is 18.9 Å². The Kier molecular flexibility index (Phi) is 7.45. The van der Waals surface area contributed by atoms with Crippen LogP contribution in [0.3, 0.4) is 0 Å². The first-order valence-corrected chi connectivity index (χ1v) is 10.9. The van der Waals surface area contributed by atoms with E-state index >= 15 is 0 Å². The van der Waals surface area contributed by atoms with E-state index in [1.807, 2.05) is 31.3 Å². The van der Waals surface area contributed by atoms with E-state index in [4.69, 9.17) is 4.74 Å². The smallest absolute Gasteiger partial charge is 0.219 e. The zero-order chi connectivity index (χ0) is 21.5. The van der Waals surface area contributed by atoms with Gasteiger partial charge in [0.15, 0.2) is 0 Å². The number of hydrogen-bond donors (Lipinski definition) is 1. The zero-order valence-corrected chi connectivity index (χ0v) is 18.4. The minimum atomic E-state index is 0.0888. The van der Waals surface area contributed by atoms with Gasteiger partial charge in [-0.05, 0) is 61.1 Å². The fourth-order valence-corrected chi connectivity index (χ4v) is 3.84. The Hall–Kier alpha value is -2.88. The van der Waals surface area contributed by atoms with Crippen LogP contribution in [0.2, 0.25) is 0 Å². The van der Waals surface area contributed by atoms with Gasteiger partial charge in [0.25, 0.3) is 0 Å². The van der Waals surface area contributed by atoms with Crippen LogP contribution in [0.1, 0.15) is 45.6 Å². The molecule has 1 amide bonds. The molecule has 0 aliphatic carbocycles. The number of aryl methyl sites for hydroxylation is 1. The molecule has 0 fully saturated rings. The van der Waals surface area contributed by atoms with E-state index in [-0.39, 0.29) is 12.0 Å². The van der Waals surface area contributed by atoms with Gasteiger partial charge in [0.1, 0.15) is 5.75 Å². The van der Waals surface area contributed by atoms with E-state index in [1.165, 1.54) is 11.1 Å². The number of amides is 1. The maximum Gasteiger partial charge on any atom is 0.219 e. The van der Waals surface area contributed by atoms with E-state index in [0.717, 1.165) is 35.1 Å². The fraction of sp³-hybridized carbons (Fsp3) is 0.385. The molecule has 2 aromatic carbocycles. The first-order chi connectivity index (χ1) is 14.5. The normalized spacial score (nSPS) is 13.1. The number of aromatic nitrogens is 1. The number of hydrogen-bond acceptors (Lipinski definition) is 3. The predicted molar refractivity (Wildman–Crippen MR) is 124 cm³/mol. The summed E-state index contributed by atoms with van der Waals surface area (Å²) in [5.74, 6) is 1.40. The summed E-state index contributed by atoms with van der Waals surface area (Å²) in [5.41, 5.74) is 4.59. The van der Waals surface area contributed by atoms with Crippen LogP contribution >= 0.6 is 0 Å². The number of fused-ring (bicyclic) bond motifs is 1. The number of nitrogens with zero attached hydrogens (tertiary/aromatic N) is 1. The highest BCUT2D eigenvalue weighted by Crippen LogP contribution is 2.30. The molecule has 158 valence electrons. The molecule has 0 aliphatic rings. The molecule has 0 bridgehead atoms. The van der Waals surface area contributed by atoms with Gasteiger partial charge in [0, 0.05) is 24.5 Å². The average molecular weight is 405 g/mol. The third-order valence-electron chi connectivity index (χ3n) is 5.68. The summed E-state index contributed by atoms with van der Waals surface area (Å²) in [6.07, 6.45) is 4.39. The van der Waals surface area contributed by atoms with Crippen molar-refractivity contribution >= 4 is 16.8 Å². The number of nitrogens with one attached hydrogen (secondary N) is 1. The Balaban J connectivity index is 1.64. The lowest BCUT2D eigenvalue weighted by molar-refractivity contribution is -0.121. The maximum absolute atomic E-state index is 11.5. The highest BCUT2D eigenvalue weighted by Gasteiger charge is 2.14. The second-order valence-electron chi connectivity index (χ2n) is 7.93. The first kappa shape index (κ1) is 21.8. The molecule has 4 nitrogen and oxygen atoms in total. The van der Waals surface area contributed by atoms with Crippen LogP contribution in [0.5, 0.6) is 5.75 Å². The van der Waals surface area contributed by atoms with Crippen molar-refractivity contribution in [3.63, 3.8) is 0 Å². The molecule has 1 aromatic heterocycles. The summed E-state index contributed by atoms with van der Waals surface area (Å²) in [5, 5.41) is 4.16. The highest BCUT2D eigenvalue weighted by molar-refractivity contribution is 5.88. The van der Waals surface area contributed by atoms with Crippen LogP contribution in [-0.2, 0) is 4.79 Å². The Bertz CT molecular complexity index is 982. The Morgan fingerprint density at radius 3 is 2.57 bits per heavy atom. The van der Waals surface area contributed by atoms with Crippen molar-refractivity contribution in [2.24, 2.45) is 5.92 Å². The van der Waals surface area contributed by atoms with E-state index in [1.54, 1.807) is 0 Å². The van der Waals surface area contributed by atoms with Crippen LogP contribution in [0.4, 0.5) is 0 Å². The third-order valence-corrected chi connectivity index (χ3v) is 5.68. The molecule has 0 spiro atoms. The van der Waals surface area contributed by atoms with Gasteiger partial charge in [-0.3, -0.25) is 9.78 Å². The largest absolute Gasteiger partial charge is 0.491 e. The molecule has 0 aliphatic heterocycles. The van der Waals surface area contributed by atoms with Gasteiger partial charge in [0.2, 0.25) is 5.91 Å². The molecule has 3 aromatic rings. The number of carbonyl (C=O) groups excluding carboxylic acids is 1. The third kappa shape index (κ3) is 5.38. The van der Waals surface area contributed by atoms with Crippen molar-refractivity contribution in [1.82, 2.24) is 10.3 Å². The highest BCUT2D eigenvalue weighted by atomic mass is 16.5. The molecule has 0 radical (unpaired) electrons. The monoisotopic (exact) mass is 404 g/mol. The van der Waals surface area contributed by atoms with Crippen LogP contribution in [0, 0.1) is 12.8 Å². The SMILES string of the molecule is CCC(=O)NC[C@H](CC)C[C@@H](C)Oc1ccc(-c2ccc3cccnc3c2C)cc1. The lowest BCUT2D eigenvalue weighted by Crippen LogP contribution is -2.30. The number of benzene rings is 2. The van der Waals surface area contributed by atoms with Gasteiger partial charge >= 0.3 is 0 Å². The summed E-state index contributed by atoms with van der Waals surface area (Å²) in [6, 6.07) is 16.6. The molecular weight excluding hydrogens is 372 g/mol. The van der Waals surface area contributed by atoms with Crippen LogP contribution in [0.15, 0.2) is 54.7 Å². The van der Waals surface area contributed by atoms with Crippen molar-refractivity contribution in [3.8, 4) is 16.9 Å². The van der Waals surface area contributed by atoms with Gasteiger partial charge in [-0.25, -0.2) is 0 Å². The van der Waals surface area contributed by atoms with E-state index in [2.05, 4.69) is 61.4 Å². The molecule has 1 heterocycles. The summed E-state index contributed by atoms with van der Waals surface area (Å²) in [7, 11) is 0. The predicted octanol–water partition coefficient (Wildman–Crippen LogP) is 5.92. The number of pyridine rings is 1. The Morgan fingerprint density at radius 2 is 1.87 bits per heavy atom. The Morgan fingerprint density at radius 1 is 1.10 bits per heavy atom. The van der Waals surface area contributed by atoms with E-state index in [9.17, 15) is 4.79 Å². The zero-order valence-electron chi connectivity index (χ0n) is 18.4. The van der Waals surface area contributed by atoms with Crippen molar-refractivity contribution in [1.29, 1.82) is 0 Å². The molecule has 0 saturated carbocycles. The minimum Gasteiger partial charge on any atom is -0.491 e. The van der Waals surface area contributed by atoms with Gasteiger partial charge in [-0.15, -0.1) is 0 Å². The van der Waals surface area contributed by atoms with Crippen molar-refractivity contribution < 1.29 is 9.53 Å². The van der Waals surface area contributed by atoms with Crippen LogP contribution < -0.4 is 10.1 Å². The first-order valence-electron chi connectivity index (χ1n) is 10.9. The molecule has 4 heteroatoms. The van der Waals surface area contributed by atoms with E-state index < -0.39 is 0 Å². The molecule has 0 saturated heterocycles. The number of carbonyl (C=O) groups is 1. The number of rotatable bonds is 9. The summed E-state index contributed by atoms with van der Waals surface area (Å²) >= 11 is 0. The van der Waals surface area contributed by atoms with Gasteiger partial charge in [-0.2, -0.15) is 0 Å². The van der Waals surface area contributed by atoms with Gasteiger partial charge in [0.05, 0.1) is 11.6 Å². The average Bonchev–Trinajstić information content (AvgIpc) is 2.77. The second kappa shape index (κ2) is 10.2. The molecule has 30 heavy (non-hydrogen) atoms. The fourth-order valence-electron chi connectivity index (χ4n) is 3.84. The maximum atomic E-state index is 11.5. The second-order valence-corrected chi connectivity index (χ2v) is 7.93. The lowest BCUT2D eigenvalue weighted by Gasteiger charge is -2.21. The van der Waals surface area contributed by atoms with Crippen molar-refractivity contribution in [2.45, 2.75) is 53.1 Å². The van der Waals surface area contributed by atoms with Gasteiger partial charge in [-0.1, -0.05) is 50.6 Å². The Labute approximate surface area is 179 Å². The van der Waals surface area contributed by atoms with Gasteiger partial charge < -0.3 is 10.1 Å². The number of ether oxygens (including phenoxy) is 1. The minimum absolute atomic E-state index is 0.0888. The molecule has 3 rings (SSSR count). The molecule has 2 atom stereocenters. The van der Waals surface area contributed by atoms with Crippen molar-refractivity contribution in [2.75, 3.05) is 6.54 Å². The lowest BCUT2D eigenvalue weighted by atomic mass is 9.97. The van der Waals surface area contributed by atoms with Crippen LogP contribution in [0.25, 0.3) is 22.0 Å². The quantitative estimate of drug-likeness (QED) is 0.481. The molecule has 0 unspecified atom stereocenters. The summed E-state index contributed by atoms with van der Waals surface area (Å²) in [4.78, 5) is 16.0. The summed E-state index contributed by atoms with van der Waals surface area (Å²) < 4.78 is 6.15. The molecule has 1 N–H and O–H groups in total.